The summed E-state index contributed by atoms with van der Waals surface area (Å²) in [5.41, 5.74) is 0.660. The van der Waals surface area contributed by atoms with Crippen LogP contribution in [-0.2, 0) is 6.54 Å². The van der Waals surface area contributed by atoms with Gasteiger partial charge in [-0.2, -0.15) is 5.10 Å². The van der Waals surface area contributed by atoms with Crippen molar-refractivity contribution in [3.63, 3.8) is 0 Å². The number of aromatic nitrogens is 3. The van der Waals surface area contributed by atoms with Crippen molar-refractivity contribution in [3.05, 3.63) is 33.8 Å². The summed E-state index contributed by atoms with van der Waals surface area (Å²) >= 11 is 10.8. The second kappa shape index (κ2) is 4.98. The zero-order valence-corrected chi connectivity index (χ0v) is 10.8. The van der Waals surface area contributed by atoms with E-state index in [9.17, 15) is 4.39 Å². The van der Waals surface area contributed by atoms with Crippen molar-refractivity contribution in [2.45, 2.75) is 19.9 Å². The smallest absolute Gasteiger partial charge is 0.195 e. The van der Waals surface area contributed by atoms with Crippen molar-refractivity contribution >= 4 is 23.8 Å². The van der Waals surface area contributed by atoms with Gasteiger partial charge in [0.1, 0.15) is 5.82 Å². The predicted molar refractivity (Wildman–Crippen MR) is 68.1 cm³/mol. The van der Waals surface area contributed by atoms with Gasteiger partial charge in [-0.1, -0.05) is 18.5 Å². The number of nitrogens with zero attached hydrogens (tertiary/aromatic N) is 2. The molecule has 3 nitrogen and oxygen atoms in total. The third-order valence-corrected chi connectivity index (χ3v) is 3.00. The number of aromatic amines is 1. The summed E-state index contributed by atoms with van der Waals surface area (Å²) in [4.78, 5) is 0. The van der Waals surface area contributed by atoms with Gasteiger partial charge < -0.3 is 4.57 Å². The number of nitrogens with one attached hydrogen (secondary N) is 1. The Bertz CT molecular complexity index is 591. The fourth-order valence-electron chi connectivity index (χ4n) is 1.60. The molecule has 0 bridgehead atoms. The zero-order valence-electron chi connectivity index (χ0n) is 9.20. The molecule has 1 heterocycles. The highest BCUT2D eigenvalue weighted by Gasteiger charge is 2.10. The first-order chi connectivity index (χ1) is 8.13. The summed E-state index contributed by atoms with van der Waals surface area (Å²) in [6.07, 6.45) is 0.927. The van der Waals surface area contributed by atoms with Gasteiger partial charge in [-0.3, -0.25) is 5.10 Å². The molecule has 0 radical (unpaired) electrons. The molecule has 0 spiro atoms. The van der Waals surface area contributed by atoms with Crippen LogP contribution in [-0.4, -0.2) is 14.8 Å². The minimum atomic E-state index is -0.457. The third-order valence-electron chi connectivity index (χ3n) is 2.38. The Kier molecular flexibility index (Phi) is 3.59. The van der Waals surface area contributed by atoms with Crippen LogP contribution in [0.1, 0.15) is 13.3 Å². The van der Waals surface area contributed by atoms with Crippen LogP contribution >= 0.6 is 23.8 Å². The van der Waals surface area contributed by atoms with Gasteiger partial charge in [0.15, 0.2) is 10.6 Å². The maximum Gasteiger partial charge on any atom is 0.195 e. The Balaban J connectivity index is 2.52. The molecule has 17 heavy (non-hydrogen) atoms. The van der Waals surface area contributed by atoms with E-state index in [4.69, 9.17) is 23.8 Å². The van der Waals surface area contributed by atoms with Crippen LogP contribution in [0.3, 0.4) is 0 Å². The number of hydrogen-bond donors (Lipinski definition) is 1. The normalized spacial score (nSPS) is 10.8. The minimum Gasteiger partial charge on any atom is -0.300 e. The van der Waals surface area contributed by atoms with Gasteiger partial charge in [0.05, 0.1) is 5.02 Å². The lowest BCUT2D eigenvalue weighted by Gasteiger charge is -2.05. The van der Waals surface area contributed by atoms with Crippen molar-refractivity contribution in [1.29, 1.82) is 0 Å². The van der Waals surface area contributed by atoms with Crippen molar-refractivity contribution in [2.24, 2.45) is 0 Å². The van der Waals surface area contributed by atoms with Gasteiger partial charge in [-0.05, 0) is 36.8 Å². The first-order valence-corrected chi connectivity index (χ1v) is 6.02. The average Bonchev–Trinajstić information content (AvgIpc) is 2.66. The van der Waals surface area contributed by atoms with Crippen molar-refractivity contribution in [3.8, 4) is 11.4 Å². The maximum atomic E-state index is 13.4. The monoisotopic (exact) mass is 271 g/mol. The highest BCUT2D eigenvalue weighted by atomic mass is 35.5. The molecule has 1 aromatic carbocycles. The van der Waals surface area contributed by atoms with Crippen LogP contribution < -0.4 is 0 Å². The largest absolute Gasteiger partial charge is 0.300 e. The fraction of sp³-hybridized carbons (Fsp3) is 0.273. The molecule has 0 amide bonds. The molecule has 2 aromatic rings. The van der Waals surface area contributed by atoms with Crippen molar-refractivity contribution < 1.29 is 4.39 Å². The van der Waals surface area contributed by atoms with Crippen molar-refractivity contribution in [1.82, 2.24) is 14.8 Å². The van der Waals surface area contributed by atoms with E-state index in [0.717, 1.165) is 13.0 Å². The lowest BCUT2D eigenvalue weighted by Crippen LogP contribution is -2.00. The molecule has 2 rings (SSSR count). The van der Waals surface area contributed by atoms with Gasteiger partial charge >= 0.3 is 0 Å². The highest BCUT2D eigenvalue weighted by molar-refractivity contribution is 7.71. The van der Waals surface area contributed by atoms with Crippen LogP contribution in [0.15, 0.2) is 18.2 Å². The summed E-state index contributed by atoms with van der Waals surface area (Å²) in [6, 6.07) is 4.60. The SMILES string of the molecule is CCCn1c(-c2ccc(Cl)c(F)c2)n[nH]c1=S. The van der Waals surface area contributed by atoms with Crippen molar-refractivity contribution in [2.75, 3.05) is 0 Å². The number of halogens is 2. The lowest BCUT2D eigenvalue weighted by molar-refractivity contribution is 0.627. The minimum absolute atomic E-state index is 0.102. The third kappa shape index (κ3) is 2.40. The van der Waals surface area contributed by atoms with Crippen LogP contribution in [0.2, 0.25) is 5.02 Å². The molecule has 0 aliphatic carbocycles. The van der Waals surface area contributed by atoms with Crippen LogP contribution in [0, 0.1) is 10.6 Å². The van der Waals surface area contributed by atoms with E-state index >= 15 is 0 Å². The molecule has 0 fully saturated rings. The quantitative estimate of drug-likeness (QED) is 0.861. The Morgan fingerprint density at radius 3 is 2.94 bits per heavy atom. The molecule has 1 N–H and O–H groups in total. The standard InChI is InChI=1S/C11H11ClFN3S/c1-2-5-16-10(14-15-11(16)17)7-3-4-8(12)9(13)6-7/h3-4,6H,2,5H2,1H3,(H,15,17). The molecule has 0 aliphatic rings. The van der Waals surface area contributed by atoms with Crippen LogP contribution in [0.25, 0.3) is 11.4 Å². The molecular weight excluding hydrogens is 261 g/mol. The van der Waals surface area contributed by atoms with E-state index in [1.807, 2.05) is 11.5 Å². The average molecular weight is 272 g/mol. The molecular formula is C11H11ClFN3S. The van der Waals surface area contributed by atoms with E-state index in [1.165, 1.54) is 12.1 Å². The predicted octanol–water partition coefficient (Wildman–Crippen LogP) is 3.81. The van der Waals surface area contributed by atoms with E-state index < -0.39 is 5.82 Å². The Hall–Kier alpha value is -1.20. The molecule has 0 aliphatic heterocycles. The topological polar surface area (TPSA) is 33.6 Å². The number of hydrogen-bond acceptors (Lipinski definition) is 2. The molecule has 0 saturated heterocycles. The fourth-order valence-corrected chi connectivity index (χ4v) is 1.95. The van der Waals surface area contributed by atoms with Gasteiger partial charge in [-0.25, -0.2) is 4.39 Å². The number of H-pyrrole nitrogens is 1. The first kappa shape index (κ1) is 12.3. The summed E-state index contributed by atoms with van der Waals surface area (Å²) in [5, 5.41) is 6.93. The Morgan fingerprint density at radius 1 is 1.53 bits per heavy atom. The Labute approximate surface area is 108 Å². The van der Waals surface area contributed by atoms with E-state index in [1.54, 1.807) is 6.07 Å². The summed E-state index contributed by atoms with van der Waals surface area (Å²) in [5.74, 6) is 0.175. The summed E-state index contributed by atoms with van der Waals surface area (Å²) in [7, 11) is 0. The molecule has 0 saturated carbocycles. The Morgan fingerprint density at radius 2 is 2.29 bits per heavy atom. The van der Waals surface area contributed by atoms with E-state index in [2.05, 4.69) is 10.2 Å². The van der Waals surface area contributed by atoms with Crippen LogP contribution in [0.5, 0.6) is 0 Å². The first-order valence-electron chi connectivity index (χ1n) is 5.24. The molecule has 0 unspecified atom stereocenters. The second-order valence-corrected chi connectivity index (χ2v) is 4.43. The highest BCUT2D eigenvalue weighted by Crippen LogP contribution is 2.23. The van der Waals surface area contributed by atoms with Gasteiger partial charge in [0.25, 0.3) is 0 Å². The van der Waals surface area contributed by atoms with Gasteiger partial charge in [0, 0.05) is 12.1 Å². The lowest BCUT2D eigenvalue weighted by atomic mass is 10.2. The van der Waals surface area contributed by atoms with E-state index in [-0.39, 0.29) is 5.02 Å². The zero-order chi connectivity index (χ0) is 12.4. The second-order valence-electron chi connectivity index (χ2n) is 3.63. The summed E-state index contributed by atoms with van der Waals surface area (Å²) in [6.45, 7) is 2.79. The van der Waals surface area contributed by atoms with Gasteiger partial charge in [0.2, 0.25) is 0 Å². The van der Waals surface area contributed by atoms with Gasteiger partial charge in [-0.15, -0.1) is 0 Å². The van der Waals surface area contributed by atoms with E-state index in [0.29, 0.717) is 16.2 Å². The number of rotatable bonds is 3. The van der Waals surface area contributed by atoms with Crippen LogP contribution in [0.4, 0.5) is 4.39 Å². The molecule has 0 atom stereocenters. The molecule has 1 aromatic heterocycles. The molecule has 90 valence electrons. The number of benzene rings is 1. The molecule has 6 heteroatoms. The summed E-state index contributed by atoms with van der Waals surface area (Å²) < 4.78 is 15.8. The maximum absolute atomic E-state index is 13.4.